The third kappa shape index (κ3) is 7.19. The molecule has 90 valence electrons. The van der Waals surface area contributed by atoms with Gasteiger partial charge in [0.2, 0.25) is 0 Å². The van der Waals surface area contributed by atoms with Gasteiger partial charge in [-0.2, -0.15) is 0 Å². The molecule has 0 aromatic rings. The lowest BCUT2D eigenvalue weighted by atomic mass is 10.1. The zero-order valence-corrected chi connectivity index (χ0v) is 10.2. The van der Waals surface area contributed by atoms with Gasteiger partial charge < -0.3 is 16.3 Å². The molecule has 1 unspecified atom stereocenters. The van der Waals surface area contributed by atoms with Crippen LogP contribution in [0.3, 0.4) is 0 Å². The second kappa shape index (κ2) is 8.53. The molecule has 0 aliphatic carbocycles. The van der Waals surface area contributed by atoms with E-state index in [0.29, 0.717) is 0 Å². The lowest BCUT2D eigenvalue weighted by Gasteiger charge is -2.15. The largest absolute Gasteiger partial charge is 0.409 e. The van der Waals surface area contributed by atoms with Crippen molar-refractivity contribution < 1.29 is 5.21 Å². The highest BCUT2D eigenvalue weighted by molar-refractivity contribution is 5.85. The molecule has 0 aromatic carbocycles. The monoisotopic (exact) mass is 215 g/mol. The van der Waals surface area contributed by atoms with Crippen molar-refractivity contribution in [3.63, 3.8) is 0 Å². The van der Waals surface area contributed by atoms with Crippen LogP contribution in [0.1, 0.15) is 46.5 Å². The first-order chi connectivity index (χ1) is 7.11. The summed E-state index contributed by atoms with van der Waals surface area (Å²) in [4.78, 5) is 0. The molecule has 0 amide bonds. The molecule has 4 nitrogen and oxygen atoms in total. The van der Waals surface area contributed by atoms with Gasteiger partial charge >= 0.3 is 0 Å². The van der Waals surface area contributed by atoms with Gasteiger partial charge in [0.05, 0.1) is 6.04 Å². The summed E-state index contributed by atoms with van der Waals surface area (Å²) in [5, 5.41) is 14.8. The van der Waals surface area contributed by atoms with Gasteiger partial charge in [0.15, 0.2) is 5.84 Å². The predicted octanol–water partition coefficient (Wildman–Crippen LogP) is 1.93. The van der Waals surface area contributed by atoms with E-state index in [0.717, 1.165) is 25.3 Å². The number of nitrogens with zero attached hydrogens (tertiary/aromatic N) is 1. The van der Waals surface area contributed by atoms with Crippen LogP contribution in [-0.2, 0) is 0 Å². The molecule has 1 atom stereocenters. The van der Waals surface area contributed by atoms with Crippen LogP contribution >= 0.6 is 0 Å². The maximum atomic E-state index is 8.53. The minimum absolute atomic E-state index is 0.00838. The number of rotatable bonds is 8. The summed E-state index contributed by atoms with van der Waals surface area (Å²) < 4.78 is 0. The molecule has 4 heteroatoms. The Hall–Kier alpha value is -0.770. The van der Waals surface area contributed by atoms with E-state index in [2.05, 4.69) is 24.3 Å². The lowest BCUT2D eigenvalue weighted by molar-refractivity contribution is 0.314. The average Bonchev–Trinajstić information content (AvgIpc) is 2.22. The standard InChI is InChI=1S/C11H25N3O/c1-4-10(11(12)14-15)13-8-6-5-7-9(2)3/h9-10,13,15H,4-8H2,1-3H3,(H2,12,14). The molecular weight excluding hydrogens is 190 g/mol. The fourth-order valence-corrected chi connectivity index (χ4v) is 1.48. The second-order valence-electron chi connectivity index (χ2n) is 4.33. The summed E-state index contributed by atoms with van der Waals surface area (Å²) in [7, 11) is 0. The quantitative estimate of drug-likeness (QED) is 0.190. The van der Waals surface area contributed by atoms with E-state index in [-0.39, 0.29) is 11.9 Å². The van der Waals surface area contributed by atoms with Gasteiger partial charge in [-0.3, -0.25) is 0 Å². The fraction of sp³-hybridized carbons (Fsp3) is 0.909. The average molecular weight is 215 g/mol. The first-order valence-electron chi connectivity index (χ1n) is 5.82. The Morgan fingerprint density at radius 1 is 1.40 bits per heavy atom. The SMILES string of the molecule is CCC(NCCCCC(C)C)C(N)=NO. The van der Waals surface area contributed by atoms with E-state index in [4.69, 9.17) is 10.9 Å². The molecule has 15 heavy (non-hydrogen) atoms. The van der Waals surface area contributed by atoms with Gasteiger partial charge in [-0.15, -0.1) is 0 Å². The van der Waals surface area contributed by atoms with Crippen molar-refractivity contribution in [3.8, 4) is 0 Å². The van der Waals surface area contributed by atoms with Crippen molar-refractivity contribution in [1.82, 2.24) is 5.32 Å². The summed E-state index contributed by atoms with van der Waals surface area (Å²) in [6, 6.07) is 0.00838. The Morgan fingerprint density at radius 2 is 2.07 bits per heavy atom. The molecule has 0 heterocycles. The molecule has 0 fully saturated rings. The second-order valence-corrected chi connectivity index (χ2v) is 4.33. The summed E-state index contributed by atoms with van der Waals surface area (Å²) >= 11 is 0. The van der Waals surface area contributed by atoms with Crippen LogP contribution in [0, 0.1) is 5.92 Å². The molecular formula is C11H25N3O. The molecule has 0 aliphatic heterocycles. The van der Waals surface area contributed by atoms with Crippen molar-refractivity contribution in [2.24, 2.45) is 16.8 Å². The van der Waals surface area contributed by atoms with Gasteiger partial charge in [-0.25, -0.2) is 0 Å². The van der Waals surface area contributed by atoms with Crippen LogP contribution in [0.25, 0.3) is 0 Å². The van der Waals surface area contributed by atoms with Gasteiger partial charge in [0.1, 0.15) is 0 Å². The minimum Gasteiger partial charge on any atom is -0.409 e. The summed E-state index contributed by atoms with van der Waals surface area (Å²) in [6.07, 6.45) is 4.49. The van der Waals surface area contributed by atoms with Gasteiger partial charge in [0, 0.05) is 0 Å². The number of nitrogens with two attached hydrogens (primary N) is 1. The number of oxime groups is 1. The fourth-order valence-electron chi connectivity index (χ4n) is 1.48. The van der Waals surface area contributed by atoms with Gasteiger partial charge in [-0.1, -0.05) is 38.8 Å². The highest BCUT2D eigenvalue weighted by atomic mass is 16.4. The zero-order valence-electron chi connectivity index (χ0n) is 10.2. The van der Waals surface area contributed by atoms with E-state index < -0.39 is 0 Å². The highest BCUT2D eigenvalue weighted by Gasteiger charge is 2.09. The molecule has 0 aromatic heterocycles. The maximum Gasteiger partial charge on any atom is 0.156 e. The molecule has 0 radical (unpaired) electrons. The molecule has 0 spiro atoms. The predicted molar refractivity (Wildman–Crippen MR) is 64.2 cm³/mol. The van der Waals surface area contributed by atoms with E-state index in [9.17, 15) is 0 Å². The molecule has 0 bridgehead atoms. The minimum atomic E-state index is 0.00838. The molecule has 0 aliphatic rings. The molecule has 0 saturated heterocycles. The topological polar surface area (TPSA) is 70.6 Å². The number of hydrogen-bond donors (Lipinski definition) is 3. The number of hydrogen-bond acceptors (Lipinski definition) is 3. The van der Waals surface area contributed by atoms with Crippen LogP contribution in [-0.4, -0.2) is 23.6 Å². The van der Waals surface area contributed by atoms with Crippen molar-refractivity contribution >= 4 is 5.84 Å². The third-order valence-corrected chi connectivity index (χ3v) is 2.48. The lowest BCUT2D eigenvalue weighted by Crippen LogP contribution is -2.41. The Bertz CT molecular complexity index is 181. The number of unbranched alkanes of at least 4 members (excludes halogenated alkanes) is 1. The van der Waals surface area contributed by atoms with Crippen LogP contribution < -0.4 is 11.1 Å². The Labute approximate surface area is 92.9 Å². The highest BCUT2D eigenvalue weighted by Crippen LogP contribution is 2.05. The zero-order chi connectivity index (χ0) is 11.7. The number of nitrogens with one attached hydrogen (secondary N) is 1. The van der Waals surface area contributed by atoms with Crippen LogP contribution in [0.4, 0.5) is 0 Å². The first-order valence-corrected chi connectivity index (χ1v) is 5.82. The summed E-state index contributed by atoms with van der Waals surface area (Å²) in [5.41, 5.74) is 5.53. The van der Waals surface area contributed by atoms with Crippen LogP contribution in [0.5, 0.6) is 0 Å². The van der Waals surface area contributed by atoms with Gasteiger partial charge in [-0.05, 0) is 25.3 Å². The van der Waals surface area contributed by atoms with Crippen molar-refractivity contribution in [2.45, 2.75) is 52.5 Å². The maximum absolute atomic E-state index is 8.53. The van der Waals surface area contributed by atoms with Crippen molar-refractivity contribution in [1.29, 1.82) is 0 Å². The van der Waals surface area contributed by atoms with E-state index in [1.807, 2.05) is 6.92 Å². The van der Waals surface area contributed by atoms with E-state index in [1.165, 1.54) is 12.8 Å². The van der Waals surface area contributed by atoms with Crippen molar-refractivity contribution in [3.05, 3.63) is 0 Å². The summed E-state index contributed by atoms with van der Waals surface area (Å²) in [5.74, 6) is 1.05. The van der Waals surface area contributed by atoms with Crippen LogP contribution in [0.2, 0.25) is 0 Å². The van der Waals surface area contributed by atoms with Gasteiger partial charge in [0.25, 0.3) is 0 Å². The molecule has 4 N–H and O–H groups in total. The molecule has 0 rings (SSSR count). The van der Waals surface area contributed by atoms with Crippen molar-refractivity contribution in [2.75, 3.05) is 6.54 Å². The third-order valence-electron chi connectivity index (χ3n) is 2.48. The first kappa shape index (κ1) is 14.2. The Kier molecular flexibility index (Phi) is 8.09. The van der Waals surface area contributed by atoms with Crippen LogP contribution in [0.15, 0.2) is 5.16 Å². The summed E-state index contributed by atoms with van der Waals surface area (Å²) in [6.45, 7) is 7.42. The normalized spacial score (nSPS) is 14.5. The van der Waals surface area contributed by atoms with E-state index >= 15 is 0 Å². The Morgan fingerprint density at radius 3 is 2.53 bits per heavy atom. The molecule has 0 saturated carbocycles. The number of amidine groups is 1. The van der Waals surface area contributed by atoms with E-state index in [1.54, 1.807) is 0 Å². The smallest absolute Gasteiger partial charge is 0.156 e. The Balaban J connectivity index is 3.56.